The van der Waals surface area contributed by atoms with E-state index in [-0.39, 0.29) is 6.04 Å². The van der Waals surface area contributed by atoms with Crippen molar-refractivity contribution >= 4 is 16.6 Å². The van der Waals surface area contributed by atoms with Gasteiger partial charge in [0.05, 0.1) is 11.7 Å². The van der Waals surface area contributed by atoms with Crippen molar-refractivity contribution in [1.29, 1.82) is 0 Å². The zero-order chi connectivity index (χ0) is 17.1. The Bertz CT molecular complexity index is 838. The van der Waals surface area contributed by atoms with Gasteiger partial charge in [0.15, 0.2) is 5.82 Å². The molecule has 1 aromatic heterocycles. The first kappa shape index (κ1) is 16.1. The Labute approximate surface area is 149 Å². The summed E-state index contributed by atoms with van der Waals surface area (Å²) in [5.74, 6) is 1.44. The average molecular weight is 331 g/mol. The van der Waals surface area contributed by atoms with Gasteiger partial charge in [0.25, 0.3) is 0 Å². The molecule has 0 radical (unpaired) electrons. The largest absolute Gasteiger partial charge is 0.362 e. The van der Waals surface area contributed by atoms with Crippen LogP contribution in [0.3, 0.4) is 0 Å². The maximum atomic E-state index is 4.66. The molecule has 2 aromatic carbocycles. The molecule has 0 unspecified atom stereocenters. The molecule has 3 heteroatoms. The molecular weight excluding hydrogens is 306 g/mol. The van der Waals surface area contributed by atoms with Gasteiger partial charge in [-0.25, -0.2) is 0 Å². The van der Waals surface area contributed by atoms with E-state index >= 15 is 0 Å². The van der Waals surface area contributed by atoms with E-state index in [1.54, 1.807) is 0 Å². The highest BCUT2D eigenvalue weighted by molar-refractivity contribution is 5.93. The lowest BCUT2D eigenvalue weighted by Crippen LogP contribution is -2.12. The van der Waals surface area contributed by atoms with Crippen molar-refractivity contribution in [3.63, 3.8) is 0 Å². The summed E-state index contributed by atoms with van der Waals surface area (Å²) in [7, 11) is 0. The fraction of sp³-hybridized carbons (Fsp3) is 0.364. The van der Waals surface area contributed by atoms with E-state index < -0.39 is 0 Å². The van der Waals surface area contributed by atoms with Gasteiger partial charge in [-0.3, -0.25) is 0 Å². The van der Waals surface area contributed by atoms with Gasteiger partial charge < -0.3 is 5.32 Å². The van der Waals surface area contributed by atoms with E-state index in [1.165, 1.54) is 54.1 Å². The molecule has 1 heterocycles. The molecule has 0 amide bonds. The summed E-state index contributed by atoms with van der Waals surface area (Å²) >= 11 is 0. The number of fused-ring (bicyclic) bond motifs is 1. The molecule has 1 aliphatic rings. The lowest BCUT2D eigenvalue weighted by atomic mass is 9.85. The molecule has 1 N–H and O–H groups in total. The van der Waals surface area contributed by atoms with E-state index in [0.29, 0.717) is 5.92 Å². The molecule has 128 valence electrons. The number of hydrogen-bond donors (Lipinski definition) is 1. The highest BCUT2D eigenvalue weighted by Gasteiger charge is 2.21. The van der Waals surface area contributed by atoms with E-state index in [2.05, 4.69) is 71.0 Å². The molecule has 0 saturated heterocycles. The van der Waals surface area contributed by atoms with Crippen molar-refractivity contribution in [1.82, 2.24) is 10.2 Å². The monoisotopic (exact) mass is 331 g/mol. The van der Waals surface area contributed by atoms with Crippen LogP contribution in [-0.4, -0.2) is 10.2 Å². The predicted octanol–water partition coefficient (Wildman–Crippen LogP) is 5.85. The first-order chi connectivity index (χ1) is 12.3. The Hall–Kier alpha value is -2.42. The number of hydrogen-bond acceptors (Lipinski definition) is 3. The van der Waals surface area contributed by atoms with Gasteiger partial charge in [-0.05, 0) is 25.3 Å². The van der Waals surface area contributed by atoms with E-state index in [4.69, 9.17) is 0 Å². The second kappa shape index (κ2) is 7.22. The Morgan fingerprint density at radius 2 is 1.52 bits per heavy atom. The van der Waals surface area contributed by atoms with Crippen LogP contribution < -0.4 is 5.32 Å². The summed E-state index contributed by atoms with van der Waals surface area (Å²) in [6.07, 6.45) is 6.46. The minimum Gasteiger partial charge on any atom is -0.362 e. The summed E-state index contributed by atoms with van der Waals surface area (Å²) in [4.78, 5) is 0. The van der Waals surface area contributed by atoms with Gasteiger partial charge in [-0.1, -0.05) is 73.9 Å². The predicted molar refractivity (Wildman–Crippen MR) is 104 cm³/mol. The standard InChI is InChI=1S/C22H25N3/c1-16(17-10-4-2-5-11-17)23-22-20-15-9-8-14-19(20)21(24-25-22)18-12-6-3-7-13-18/h2,4-5,8-11,14-16,18H,3,6-7,12-13H2,1H3,(H,23,25)/t16-/m1/s1. The molecular formula is C22H25N3. The maximum Gasteiger partial charge on any atom is 0.157 e. The number of rotatable bonds is 4. The van der Waals surface area contributed by atoms with Crippen molar-refractivity contribution < 1.29 is 0 Å². The molecule has 0 spiro atoms. The molecule has 1 saturated carbocycles. The van der Waals surface area contributed by atoms with Crippen LogP contribution in [0.15, 0.2) is 54.6 Å². The lowest BCUT2D eigenvalue weighted by Gasteiger charge is -2.23. The smallest absolute Gasteiger partial charge is 0.157 e. The Morgan fingerprint density at radius 1 is 0.840 bits per heavy atom. The second-order valence-corrected chi connectivity index (χ2v) is 7.09. The summed E-state index contributed by atoms with van der Waals surface area (Å²) in [6.45, 7) is 2.17. The molecule has 0 bridgehead atoms. The Balaban J connectivity index is 1.68. The zero-order valence-electron chi connectivity index (χ0n) is 14.8. The van der Waals surface area contributed by atoms with Crippen molar-refractivity contribution in [2.45, 2.75) is 51.0 Å². The van der Waals surface area contributed by atoms with Gasteiger partial charge in [0.1, 0.15) is 0 Å². The van der Waals surface area contributed by atoms with Crippen LogP contribution >= 0.6 is 0 Å². The van der Waals surface area contributed by atoms with Gasteiger partial charge in [-0.2, -0.15) is 5.10 Å². The van der Waals surface area contributed by atoms with E-state index in [9.17, 15) is 0 Å². The first-order valence-corrected chi connectivity index (χ1v) is 9.40. The highest BCUT2D eigenvalue weighted by atomic mass is 15.2. The van der Waals surface area contributed by atoms with Gasteiger partial charge >= 0.3 is 0 Å². The minimum atomic E-state index is 0.194. The third-order valence-electron chi connectivity index (χ3n) is 5.36. The van der Waals surface area contributed by atoms with Crippen LogP contribution in [0.2, 0.25) is 0 Å². The van der Waals surface area contributed by atoms with Crippen LogP contribution in [0.25, 0.3) is 10.8 Å². The van der Waals surface area contributed by atoms with Crippen LogP contribution in [-0.2, 0) is 0 Å². The van der Waals surface area contributed by atoms with Gasteiger partial charge in [-0.15, -0.1) is 5.10 Å². The zero-order valence-corrected chi connectivity index (χ0v) is 14.8. The Kier molecular flexibility index (Phi) is 4.64. The number of nitrogens with zero attached hydrogens (tertiary/aromatic N) is 2. The van der Waals surface area contributed by atoms with Crippen molar-refractivity contribution in [2.24, 2.45) is 0 Å². The lowest BCUT2D eigenvalue weighted by molar-refractivity contribution is 0.436. The highest BCUT2D eigenvalue weighted by Crippen LogP contribution is 2.36. The SMILES string of the molecule is C[C@@H](Nc1nnc(C2CCCCC2)c2ccccc12)c1ccccc1. The normalized spacial score (nSPS) is 16.7. The van der Waals surface area contributed by atoms with Crippen molar-refractivity contribution in [3.05, 3.63) is 65.9 Å². The molecule has 25 heavy (non-hydrogen) atoms. The molecule has 1 atom stereocenters. The van der Waals surface area contributed by atoms with Crippen molar-refractivity contribution in [3.8, 4) is 0 Å². The van der Waals surface area contributed by atoms with Crippen LogP contribution in [0.4, 0.5) is 5.82 Å². The molecule has 3 nitrogen and oxygen atoms in total. The summed E-state index contributed by atoms with van der Waals surface area (Å²) in [5, 5.41) is 15.2. The average Bonchev–Trinajstić information content (AvgIpc) is 2.69. The second-order valence-electron chi connectivity index (χ2n) is 7.09. The third-order valence-corrected chi connectivity index (χ3v) is 5.36. The number of anilines is 1. The molecule has 0 aliphatic heterocycles. The van der Waals surface area contributed by atoms with Crippen LogP contribution in [0, 0.1) is 0 Å². The topological polar surface area (TPSA) is 37.8 Å². The molecule has 4 rings (SSSR count). The summed E-state index contributed by atoms with van der Waals surface area (Å²) in [5.41, 5.74) is 2.44. The Morgan fingerprint density at radius 3 is 2.28 bits per heavy atom. The van der Waals surface area contributed by atoms with Crippen molar-refractivity contribution in [2.75, 3.05) is 5.32 Å². The fourth-order valence-electron chi connectivity index (χ4n) is 3.94. The fourth-order valence-corrected chi connectivity index (χ4v) is 3.94. The molecule has 1 aliphatic carbocycles. The van der Waals surface area contributed by atoms with E-state index in [0.717, 1.165) is 5.82 Å². The van der Waals surface area contributed by atoms with Crippen LogP contribution in [0.1, 0.15) is 62.2 Å². The quantitative estimate of drug-likeness (QED) is 0.651. The van der Waals surface area contributed by atoms with Gasteiger partial charge in [0.2, 0.25) is 0 Å². The minimum absolute atomic E-state index is 0.194. The number of nitrogens with one attached hydrogen (secondary N) is 1. The molecule has 3 aromatic rings. The summed E-state index contributed by atoms with van der Waals surface area (Å²) in [6, 6.07) is 19.2. The first-order valence-electron chi connectivity index (χ1n) is 9.40. The van der Waals surface area contributed by atoms with Crippen LogP contribution in [0.5, 0.6) is 0 Å². The number of aromatic nitrogens is 2. The van der Waals surface area contributed by atoms with E-state index in [1.807, 2.05) is 6.07 Å². The number of benzene rings is 2. The maximum absolute atomic E-state index is 4.66. The van der Waals surface area contributed by atoms with Gasteiger partial charge in [0, 0.05) is 16.7 Å². The molecule has 1 fully saturated rings. The third kappa shape index (κ3) is 3.37. The summed E-state index contributed by atoms with van der Waals surface area (Å²) < 4.78 is 0.